The molecule has 1 aliphatic heterocycles. The van der Waals surface area contributed by atoms with Gasteiger partial charge in [-0.2, -0.15) is 0 Å². The maximum atomic E-state index is 11.3. The maximum absolute atomic E-state index is 11.3. The molecule has 1 saturated heterocycles. The molecule has 3 nitrogen and oxygen atoms in total. The topological polar surface area (TPSA) is 41.1 Å². The number of allylic oxidation sites excluding steroid dienone is 3. The van der Waals surface area contributed by atoms with Gasteiger partial charge in [0.2, 0.25) is 5.91 Å². The summed E-state index contributed by atoms with van der Waals surface area (Å²) in [5.41, 5.74) is 0. The minimum atomic E-state index is 0. The fourth-order valence-corrected chi connectivity index (χ4v) is 2.10. The molecule has 1 aliphatic carbocycles. The second kappa shape index (κ2) is 5.33. The van der Waals surface area contributed by atoms with Crippen LogP contribution in [0.15, 0.2) is 24.3 Å². The summed E-state index contributed by atoms with van der Waals surface area (Å²) in [6, 6.07) is 0.430. The van der Waals surface area contributed by atoms with Gasteiger partial charge in [0, 0.05) is 25.2 Å². The van der Waals surface area contributed by atoms with Crippen LogP contribution in [-0.2, 0) is 4.79 Å². The van der Waals surface area contributed by atoms with Gasteiger partial charge in [-0.3, -0.25) is 4.79 Å². The zero-order valence-corrected chi connectivity index (χ0v) is 9.59. The van der Waals surface area contributed by atoms with Crippen molar-refractivity contribution in [2.24, 2.45) is 11.8 Å². The van der Waals surface area contributed by atoms with Gasteiger partial charge in [0.15, 0.2) is 0 Å². The Morgan fingerprint density at radius 1 is 1.33 bits per heavy atom. The number of fused-ring (bicyclic) bond motifs is 1. The number of hydrogen-bond donors (Lipinski definition) is 2. The third kappa shape index (κ3) is 2.83. The minimum Gasteiger partial charge on any atom is -0.349 e. The van der Waals surface area contributed by atoms with Crippen LogP contribution >= 0.6 is 12.4 Å². The van der Waals surface area contributed by atoms with Gasteiger partial charge >= 0.3 is 0 Å². The van der Waals surface area contributed by atoms with Gasteiger partial charge in [-0.05, 0) is 18.8 Å². The number of carbonyl (C=O) groups excluding carboxylic acids is 1. The quantitative estimate of drug-likeness (QED) is 0.556. The first-order chi connectivity index (χ1) is 6.83. The van der Waals surface area contributed by atoms with Crippen LogP contribution in [0.4, 0.5) is 0 Å². The molecule has 84 valence electrons. The first kappa shape index (κ1) is 12.3. The van der Waals surface area contributed by atoms with Crippen molar-refractivity contribution in [2.45, 2.75) is 13.0 Å². The van der Waals surface area contributed by atoms with Crippen molar-refractivity contribution in [1.29, 1.82) is 0 Å². The zero-order valence-electron chi connectivity index (χ0n) is 8.77. The molecule has 15 heavy (non-hydrogen) atoms. The largest absolute Gasteiger partial charge is 0.349 e. The first-order valence-corrected chi connectivity index (χ1v) is 5.13. The van der Waals surface area contributed by atoms with E-state index in [9.17, 15) is 4.79 Å². The van der Waals surface area contributed by atoms with Gasteiger partial charge < -0.3 is 10.6 Å². The number of hydrogen-bond acceptors (Lipinski definition) is 2. The van der Waals surface area contributed by atoms with Crippen molar-refractivity contribution in [3.63, 3.8) is 0 Å². The van der Waals surface area contributed by atoms with E-state index in [-0.39, 0.29) is 18.3 Å². The summed E-state index contributed by atoms with van der Waals surface area (Å²) in [5, 5.41) is 6.31. The Balaban J connectivity index is 0.00000112. The molecule has 0 spiro atoms. The van der Waals surface area contributed by atoms with E-state index in [0.29, 0.717) is 17.9 Å². The predicted octanol–water partition coefficient (Wildman–Crippen LogP) is 0.874. The summed E-state index contributed by atoms with van der Waals surface area (Å²) in [5.74, 6) is 1.41. The smallest absolute Gasteiger partial charge is 0.244 e. The number of amides is 1. The van der Waals surface area contributed by atoms with Crippen LogP contribution in [0.25, 0.3) is 0 Å². The SMILES string of the molecule is C/C=C/C=C/C(=O)NC1[C@H]2CNC[C@@H]12.Cl. The highest BCUT2D eigenvalue weighted by atomic mass is 35.5. The van der Waals surface area contributed by atoms with Crippen molar-refractivity contribution in [1.82, 2.24) is 10.6 Å². The summed E-state index contributed by atoms with van der Waals surface area (Å²) < 4.78 is 0. The summed E-state index contributed by atoms with van der Waals surface area (Å²) in [6.45, 7) is 4.06. The van der Waals surface area contributed by atoms with Gasteiger partial charge in [0.25, 0.3) is 0 Å². The van der Waals surface area contributed by atoms with Crippen LogP contribution < -0.4 is 10.6 Å². The molecule has 4 heteroatoms. The number of rotatable bonds is 3. The van der Waals surface area contributed by atoms with Crippen molar-refractivity contribution < 1.29 is 4.79 Å². The maximum Gasteiger partial charge on any atom is 0.244 e. The van der Waals surface area contributed by atoms with E-state index in [0.717, 1.165) is 13.1 Å². The molecule has 0 aromatic carbocycles. The number of carbonyl (C=O) groups is 1. The number of nitrogens with one attached hydrogen (secondary N) is 2. The molecule has 0 radical (unpaired) electrons. The van der Waals surface area contributed by atoms with E-state index >= 15 is 0 Å². The van der Waals surface area contributed by atoms with E-state index in [1.165, 1.54) is 0 Å². The molecule has 1 saturated carbocycles. The van der Waals surface area contributed by atoms with E-state index < -0.39 is 0 Å². The van der Waals surface area contributed by atoms with Crippen LogP contribution in [-0.4, -0.2) is 25.0 Å². The van der Waals surface area contributed by atoms with Crippen LogP contribution in [0.5, 0.6) is 0 Å². The zero-order chi connectivity index (χ0) is 9.97. The Morgan fingerprint density at radius 2 is 2.00 bits per heavy atom. The standard InChI is InChI=1S/C11H16N2O.ClH/c1-2-3-4-5-10(14)13-11-8-6-12-7-9(8)11;/h2-5,8-9,11-12H,6-7H2,1H3,(H,13,14);1H/b3-2+,5-4+;/t8-,9+,11?;. The Bertz CT molecular complexity index is 278. The van der Waals surface area contributed by atoms with E-state index in [1.807, 2.05) is 19.1 Å². The Kier molecular flexibility index (Phi) is 4.36. The molecular formula is C11H17ClN2O. The Labute approximate surface area is 96.4 Å². The van der Waals surface area contributed by atoms with Gasteiger partial charge in [-0.15, -0.1) is 12.4 Å². The fraction of sp³-hybridized carbons (Fsp3) is 0.545. The summed E-state index contributed by atoms with van der Waals surface area (Å²) in [7, 11) is 0. The average Bonchev–Trinajstić information content (AvgIpc) is 2.64. The molecule has 1 heterocycles. The molecule has 2 rings (SSSR count). The van der Waals surface area contributed by atoms with Gasteiger partial charge in [-0.1, -0.05) is 18.2 Å². The van der Waals surface area contributed by atoms with E-state index in [1.54, 1.807) is 12.2 Å². The third-order valence-electron chi connectivity index (χ3n) is 2.95. The second-order valence-corrected chi connectivity index (χ2v) is 3.91. The molecule has 1 unspecified atom stereocenters. The lowest BCUT2D eigenvalue weighted by atomic mass is 10.4. The van der Waals surface area contributed by atoms with Gasteiger partial charge in [0.1, 0.15) is 0 Å². The first-order valence-electron chi connectivity index (χ1n) is 5.13. The van der Waals surface area contributed by atoms with Gasteiger partial charge in [0.05, 0.1) is 0 Å². The molecule has 2 N–H and O–H groups in total. The predicted molar refractivity (Wildman–Crippen MR) is 63.0 cm³/mol. The van der Waals surface area contributed by atoms with Crippen LogP contribution in [0.3, 0.4) is 0 Å². The highest BCUT2D eigenvalue weighted by Crippen LogP contribution is 2.41. The summed E-state index contributed by atoms with van der Waals surface area (Å²) >= 11 is 0. The Morgan fingerprint density at radius 3 is 2.60 bits per heavy atom. The monoisotopic (exact) mass is 228 g/mol. The molecular weight excluding hydrogens is 212 g/mol. The molecule has 2 aliphatic rings. The lowest BCUT2D eigenvalue weighted by Crippen LogP contribution is -2.31. The summed E-state index contributed by atoms with van der Waals surface area (Å²) in [4.78, 5) is 11.3. The van der Waals surface area contributed by atoms with Crippen molar-refractivity contribution >= 4 is 18.3 Å². The molecule has 2 fully saturated rings. The van der Waals surface area contributed by atoms with Crippen molar-refractivity contribution in [2.75, 3.05) is 13.1 Å². The summed E-state index contributed by atoms with van der Waals surface area (Å²) in [6.07, 6.45) is 7.11. The van der Waals surface area contributed by atoms with Gasteiger partial charge in [-0.25, -0.2) is 0 Å². The van der Waals surface area contributed by atoms with Crippen LogP contribution in [0.2, 0.25) is 0 Å². The Hall–Kier alpha value is -0.800. The fourth-order valence-electron chi connectivity index (χ4n) is 2.10. The van der Waals surface area contributed by atoms with Crippen LogP contribution in [0.1, 0.15) is 6.92 Å². The molecule has 0 aromatic rings. The highest BCUT2D eigenvalue weighted by molar-refractivity contribution is 5.88. The van der Waals surface area contributed by atoms with E-state index in [2.05, 4.69) is 10.6 Å². The lowest BCUT2D eigenvalue weighted by Gasteiger charge is -2.04. The van der Waals surface area contributed by atoms with Crippen molar-refractivity contribution in [3.8, 4) is 0 Å². The molecule has 0 bridgehead atoms. The highest BCUT2D eigenvalue weighted by Gasteiger charge is 2.53. The molecule has 1 amide bonds. The second-order valence-electron chi connectivity index (χ2n) is 3.91. The van der Waals surface area contributed by atoms with Crippen molar-refractivity contribution in [3.05, 3.63) is 24.3 Å². The van der Waals surface area contributed by atoms with Crippen LogP contribution in [0, 0.1) is 11.8 Å². The minimum absolute atomic E-state index is 0. The third-order valence-corrected chi connectivity index (χ3v) is 2.95. The molecule has 3 atom stereocenters. The number of piperidine rings is 1. The normalized spacial score (nSPS) is 32.7. The molecule has 0 aromatic heterocycles. The lowest BCUT2D eigenvalue weighted by molar-refractivity contribution is -0.116. The van der Waals surface area contributed by atoms with E-state index in [4.69, 9.17) is 0 Å². The average molecular weight is 229 g/mol. The number of halogens is 1.